The Labute approximate surface area is 130 Å². The van der Waals surface area contributed by atoms with Crippen molar-refractivity contribution in [1.29, 1.82) is 0 Å². The van der Waals surface area contributed by atoms with Gasteiger partial charge in [0.2, 0.25) is 5.91 Å². The van der Waals surface area contributed by atoms with E-state index in [0.29, 0.717) is 24.8 Å². The van der Waals surface area contributed by atoms with E-state index in [1.807, 2.05) is 0 Å². The van der Waals surface area contributed by atoms with Crippen LogP contribution in [0.25, 0.3) is 0 Å². The van der Waals surface area contributed by atoms with Gasteiger partial charge in [-0.1, -0.05) is 12.1 Å². The number of amides is 1. The molecule has 1 amide bonds. The standard InChI is InChI=1S/C15H16F3NO4/c1-9(12(20)21)19-13(22)14(6-7-14)8-10-2-4-11(5-3-10)23-15(16,17)18/h2-5,9H,6-8H2,1H3,(H,19,22)(H,20,21)/t9-/m0/s1. The molecule has 1 aromatic carbocycles. The average Bonchev–Trinajstić information content (AvgIpc) is 3.20. The van der Waals surface area contributed by atoms with Gasteiger partial charge in [-0.05, 0) is 43.9 Å². The van der Waals surface area contributed by atoms with Crippen molar-refractivity contribution in [3.05, 3.63) is 29.8 Å². The lowest BCUT2D eigenvalue weighted by Crippen LogP contribution is -2.43. The van der Waals surface area contributed by atoms with Gasteiger partial charge in [0, 0.05) is 0 Å². The second-order valence-corrected chi connectivity index (χ2v) is 5.68. The summed E-state index contributed by atoms with van der Waals surface area (Å²) in [6.07, 6.45) is -3.17. The summed E-state index contributed by atoms with van der Waals surface area (Å²) < 4.78 is 40.1. The van der Waals surface area contributed by atoms with Crippen LogP contribution in [-0.2, 0) is 16.0 Å². The minimum atomic E-state index is -4.74. The quantitative estimate of drug-likeness (QED) is 0.840. The summed E-state index contributed by atoms with van der Waals surface area (Å²) in [6.45, 7) is 1.37. The number of hydrogen-bond donors (Lipinski definition) is 2. The number of aliphatic carboxylic acids is 1. The monoisotopic (exact) mass is 331 g/mol. The second-order valence-electron chi connectivity index (χ2n) is 5.68. The van der Waals surface area contributed by atoms with Gasteiger partial charge in [-0.3, -0.25) is 9.59 Å². The molecule has 1 aliphatic rings. The van der Waals surface area contributed by atoms with Crippen LogP contribution in [0.2, 0.25) is 0 Å². The van der Waals surface area contributed by atoms with Crippen LogP contribution in [0, 0.1) is 5.41 Å². The fraction of sp³-hybridized carbons (Fsp3) is 0.467. The Morgan fingerprint density at radius 1 is 1.30 bits per heavy atom. The molecular formula is C15H16F3NO4. The fourth-order valence-corrected chi connectivity index (χ4v) is 2.25. The van der Waals surface area contributed by atoms with Crippen LogP contribution in [0.4, 0.5) is 13.2 Å². The third-order valence-electron chi connectivity index (χ3n) is 3.75. The van der Waals surface area contributed by atoms with Crippen molar-refractivity contribution < 1.29 is 32.6 Å². The van der Waals surface area contributed by atoms with Crippen molar-refractivity contribution in [1.82, 2.24) is 5.32 Å². The Morgan fingerprint density at radius 2 is 1.87 bits per heavy atom. The molecule has 0 unspecified atom stereocenters. The van der Waals surface area contributed by atoms with E-state index >= 15 is 0 Å². The van der Waals surface area contributed by atoms with Crippen LogP contribution >= 0.6 is 0 Å². The molecule has 0 bridgehead atoms. The van der Waals surface area contributed by atoms with Gasteiger partial charge in [-0.25, -0.2) is 0 Å². The summed E-state index contributed by atoms with van der Waals surface area (Å²) in [5, 5.41) is 11.2. The molecule has 1 saturated carbocycles. The lowest BCUT2D eigenvalue weighted by molar-refractivity contribution is -0.274. The first-order chi connectivity index (χ1) is 10.6. The highest BCUT2D eigenvalue weighted by Crippen LogP contribution is 2.48. The Hall–Kier alpha value is -2.25. The summed E-state index contributed by atoms with van der Waals surface area (Å²) in [5.74, 6) is -1.79. The Kier molecular flexibility index (Phi) is 4.53. The zero-order chi connectivity index (χ0) is 17.3. The minimum Gasteiger partial charge on any atom is -0.480 e. The van der Waals surface area contributed by atoms with Crippen molar-refractivity contribution in [2.24, 2.45) is 5.41 Å². The number of carboxylic acids is 1. The zero-order valence-corrected chi connectivity index (χ0v) is 12.3. The molecular weight excluding hydrogens is 315 g/mol. The van der Waals surface area contributed by atoms with E-state index in [9.17, 15) is 22.8 Å². The Morgan fingerprint density at radius 3 is 2.30 bits per heavy atom. The molecule has 0 aromatic heterocycles. The van der Waals surface area contributed by atoms with Crippen LogP contribution in [0.5, 0.6) is 5.75 Å². The maximum atomic E-state index is 12.2. The number of carboxylic acid groups (broad SMARTS) is 1. The number of hydrogen-bond acceptors (Lipinski definition) is 3. The number of alkyl halides is 3. The molecule has 1 aromatic rings. The van der Waals surface area contributed by atoms with E-state index in [1.165, 1.54) is 31.2 Å². The van der Waals surface area contributed by atoms with Crippen molar-refractivity contribution in [3.63, 3.8) is 0 Å². The van der Waals surface area contributed by atoms with Crippen LogP contribution in [0.1, 0.15) is 25.3 Å². The van der Waals surface area contributed by atoms with Gasteiger partial charge < -0.3 is 15.2 Å². The molecule has 0 radical (unpaired) electrons. The zero-order valence-electron chi connectivity index (χ0n) is 12.3. The summed E-state index contributed by atoms with van der Waals surface area (Å²) in [6, 6.07) is 4.33. The van der Waals surface area contributed by atoms with E-state index in [0.717, 1.165) is 0 Å². The van der Waals surface area contributed by atoms with Crippen molar-refractivity contribution in [2.75, 3.05) is 0 Å². The minimum absolute atomic E-state index is 0.324. The molecule has 2 rings (SSSR count). The number of carbonyl (C=O) groups excluding carboxylic acids is 1. The molecule has 0 saturated heterocycles. The van der Waals surface area contributed by atoms with Crippen LogP contribution in [-0.4, -0.2) is 29.4 Å². The first kappa shape index (κ1) is 17.1. The van der Waals surface area contributed by atoms with Crippen molar-refractivity contribution >= 4 is 11.9 Å². The molecule has 5 nitrogen and oxygen atoms in total. The van der Waals surface area contributed by atoms with E-state index in [2.05, 4.69) is 10.1 Å². The molecule has 1 fully saturated rings. The first-order valence-electron chi connectivity index (χ1n) is 7.00. The van der Waals surface area contributed by atoms with E-state index < -0.39 is 23.8 Å². The van der Waals surface area contributed by atoms with E-state index in [1.54, 1.807) is 0 Å². The lowest BCUT2D eigenvalue weighted by Gasteiger charge is -2.18. The predicted octanol–water partition coefficient (Wildman–Crippen LogP) is 2.50. The normalized spacial score (nSPS) is 17.2. The molecule has 0 spiro atoms. The van der Waals surface area contributed by atoms with Gasteiger partial charge in [-0.15, -0.1) is 13.2 Å². The maximum absolute atomic E-state index is 12.2. The van der Waals surface area contributed by atoms with Gasteiger partial charge in [0.25, 0.3) is 0 Å². The first-order valence-corrected chi connectivity index (χ1v) is 7.00. The van der Waals surface area contributed by atoms with Gasteiger partial charge in [0.1, 0.15) is 11.8 Å². The predicted molar refractivity (Wildman–Crippen MR) is 73.7 cm³/mol. The molecule has 1 aliphatic carbocycles. The number of nitrogens with one attached hydrogen (secondary N) is 1. The SMILES string of the molecule is C[C@H](NC(=O)C1(Cc2ccc(OC(F)(F)F)cc2)CC1)C(=O)O. The van der Waals surface area contributed by atoms with Crippen LogP contribution in [0.15, 0.2) is 24.3 Å². The molecule has 126 valence electrons. The topological polar surface area (TPSA) is 75.6 Å². The Balaban J connectivity index is 1.98. The number of halogens is 3. The number of rotatable bonds is 6. The lowest BCUT2D eigenvalue weighted by atomic mass is 9.95. The van der Waals surface area contributed by atoms with E-state index in [4.69, 9.17) is 5.11 Å². The van der Waals surface area contributed by atoms with Gasteiger partial charge >= 0.3 is 12.3 Å². The van der Waals surface area contributed by atoms with Crippen molar-refractivity contribution in [2.45, 2.75) is 38.6 Å². The summed E-state index contributed by atoms with van der Waals surface area (Å²) >= 11 is 0. The van der Waals surface area contributed by atoms with Gasteiger partial charge in [-0.2, -0.15) is 0 Å². The summed E-state index contributed by atoms with van der Waals surface area (Å²) in [4.78, 5) is 22.9. The summed E-state index contributed by atoms with van der Waals surface area (Å²) in [7, 11) is 0. The van der Waals surface area contributed by atoms with Crippen molar-refractivity contribution in [3.8, 4) is 5.75 Å². The highest BCUT2D eigenvalue weighted by molar-refractivity contribution is 5.89. The second kappa shape index (κ2) is 6.10. The van der Waals surface area contributed by atoms with Crippen LogP contribution in [0.3, 0.4) is 0 Å². The molecule has 2 N–H and O–H groups in total. The van der Waals surface area contributed by atoms with Gasteiger partial charge in [0.15, 0.2) is 0 Å². The number of benzene rings is 1. The third kappa shape index (κ3) is 4.61. The molecule has 0 aliphatic heterocycles. The highest BCUT2D eigenvalue weighted by Gasteiger charge is 2.50. The average molecular weight is 331 g/mol. The summed E-state index contributed by atoms with van der Waals surface area (Å²) in [5.41, 5.74) is 0.0194. The van der Waals surface area contributed by atoms with Crippen LogP contribution < -0.4 is 10.1 Å². The number of carbonyl (C=O) groups is 2. The highest BCUT2D eigenvalue weighted by atomic mass is 19.4. The largest absolute Gasteiger partial charge is 0.573 e. The third-order valence-corrected chi connectivity index (χ3v) is 3.75. The molecule has 0 heterocycles. The van der Waals surface area contributed by atoms with E-state index in [-0.39, 0.29) is 11.7 Å². The fourth-order valence-electron chi connectivity index (χ4n) is 2.25. The molecule has 1 atom stereocenters. The van der Waals surface area contributed by atoms with Gasteiger partial charge in [0.05, 0.1) is 5.41 Å². The maximum Gasteiger partial charge on any atom is 0.573 e. The number of ether oxygens (including phenoxy) is 1. The smallest absolute Gasteiger partial charge is 0.480 e. The molecule has 23 heavy (non-hydrogen) atoms. The Bertz CT molecular complexity index is 594. The molecule has 8 heteroatoms.